The predicted octanol–water partition coefficient (Wildman–Crippen LogP) is 3.86. The van der Waals surface area contributed by atoms with Crippen molar-refractivity contribution in [2.45, 2.75) is 9.92 Å². The molecular weight excluding hydrogens is 310 g/mol. The number of rotatable bonds is 2. The number of pyridine rings is 1. The van der Waals surface area contributed by atoms with Gasteiger partial charge in [0, 0.05) is 0 Å². The fourth-order valence-corrected chi connectivity index (χ4v) is 2.59. The highest BCUT2D eigenvalue weighted by atomic mass is 79.9. The number of aromatic nitrogens is 1. The van der Waals surface area contributed by atoms with Crippen molar-refractivity contribution in [3.63, 3.8) is 0 Å². The van der Waals surface area contributed by atoms with E-state index < -0.39 is 11.6 Å². The molecule has 0 aliphatic heterocycles. The summed E-state index contributed by atoms with van der Waals surface area (Å²) in [4.78, 5) is 4.23. The van der Waals surface area contributed by atoms with Gasteiger partial charge in [0.2, 0.25) is 0 Å². The van der Waals surface area contributed by atoms with Gasteiger partial charge in [0.25, 0.3) is 0 Å². The van der Waals surface area contributed by atoms with Gasteiger partial charge in [-0.05, 0) is 40.2 Å². The summed E-state index contributed by atoms with van der Waals surface area (Å²) in [5, 5.41) is 0.531. The Hall–Kier alpha value is -1.14. The minimum atomic E-state index is -0.486. The molecule has 0 bridgehead atoms. The number of nitrogens with zero attached hydrogens (tertiary/aromatic N) is 1. The molecule has 88 valence electrons. The highest BCUT2D eigenvalue weighted by molar-refractivity contribution is 9.10. The van der Waals surface area contributed by atoms with E-state index in [1.165, 1.54) is 6.20 Å². The van der Waals surface area contributed by atoms with Crippen molar-refractivity contribution in [3.05, 3.63) is 46.6 Å². The Kier molecular flexibility index (Phi) is 3.63. The van der Waals surface area contributed by atoms with Gasteiger partial charge in [-0.25, -0.2) is 13.8 Å². The van der Waals surface area contributed by atoms with Crippen molar-refractivity contribution in [1.29, 1.82) is 0 Å². The number of halogens is 3. The highest BCUT2D eigenvalue weighted by Gasteiger charge is 2.09. The van der Waals surface area contributed by atoms with Gasteiger partial charge < -0.3 is 5.73 Å². The number of hydrogen-bond donors (Lipinski definition) is 1. The normalized spacial score (nSPS) is 10.5. The van der Waals surface area contributed by atoms with E-state index in [9.17, 15) is 8.78 Å². The van der Waals surface area contributed by atoms with Gasteiger partial charge in [-0.15, -0.1) is 0 Å². The van der Waals surface area contributed by atoms with Crippen LogP contribution in [0.25, 0.3) is 0 Å². The zero-order valence-electron chi connectivity index (χ0n) is 8.45. The molecule has 0 amide bonds. The van der Waals surface area contributed by atoms with Crippen LogP contribution in [0.1, 0.15) is 0 Å². The van der Waals surface area contributed by atoms with E-state index in [1.807, 2.05) is 0 Å². The Morgan fingerprint density at radius 2 is 2.00 bits per heavy atom. The molecule has 0 spiro atoms. The van der Waals surface area contributed by atoms with Crippen molar-refractivity contribution < 1.29 is 8.78 Å². The zero-order chi connectivity index (χ0) is 12.4. The average molecular weight is 317 g/mol. The van der Waals surface area contributed by atoms with Gasteiger partial charge in [0.05, 0.1) is 21.3 Å². The summed E-state index contributed by atoms with van der Waals surface area (Å²) < 4.78 is 27.0. The minimum absolute atomic E-state index is 0.183. The van der Waals surface area contributed by atoms with Crippen molar-refractivity contribution in [2.75, 3.05) is 5.73 Å². The van der Waals surface area contributed by atoms with Crippen LogP contribution in [0.4, 0.5) is 14.5 Å². The van der Waals surface area contributed by atoms with E-state index in [-0.39, 0.29) is 4.90 Å². The first-order valence-electron chi connectivity index (χ1n) is 4.60. The van der Waals surface area contributed by atoms with Crippen LogP contribution in [-0.4, -0.2) is 4.98 Å². The van der Waals surface area contributed by atoms with E-state index in [0.29, 0.717) is 15.2 Å². The average Bonchev–Trinajstić information content (AvgIpc) is 2.27. The monoisotopic (exact) mass is 316 g/mol. The molecule has 0 atom stereocenters. The molecule has 2 N–H and O–H groups in total. The SMILES string of the molecule is Nc1cnc(Sc2cc(F)ccc2F)c(Br)c1. The molecule has 0 aliphatic rings. The maximum Gasteiger partial charge on any atom is 0.137 e. The molecule has 0 saturated carbocycles. The number of hydrogen-bond acceptors (Lipinski definition) is 3. The third kappa shape index (κ3) is 2.95. The van der Waals surface area contributed by atoms with Crippen LogP contribution in [0.3, 0.4) is 0 Å². The Morgan fingerprint density at radius 1 is 1.24 bits per heavy atom. The molecule has 6 heteroatoms. The van der Waals surface area contributed by atoms with E-state index in [2.05, 4.69) is 20.9 Å². The van der Waals surface area contributed by atoms with Gasteiger partial charge in [-0.1, -0.05) is 11.8 Å². The lowest BCUT2D eigenvalue weighted by Crippen LogP contribution is -1.90. The summed E-state index contributed by atoms with van der Waals surface area (Å²) in [5.41, 5.74) is 6.04. The van der Waals surface area contributed by atoms with E-state index >= 15 is 0 Å². The quantitative estimate of drug-likeness (QED) is 0.914. The first-order chi connectivity index (χ1) is 8.06. The van der Waals surface area contributed by atoms with Crippen molar-refractivity contribution >= 4 is 33.4 Å². The van der Waals surface area contributed by atoms with Gasteiger partial charge in [0.15, 0.2) is 0 Å². The molecule has 1 aromatic carbocycles. The van der Waals surface area contributed by atoms with Crippen LogP contribution in [0, 0.1) is 11.6 Å². The van der Waals surface area contributed by atoms with E-state index in [0.717, 1.165) is 30.0 Å². The lowest BCUT2D eigenvalue weighted by molar-refractivity contribution is 0.577. The summed E-state index contributed by atoms with van der Waals surface area (Å²) in [6, 6.07) is 4.95. The van der Waals surface area contributed by atoms with Crippen molar-refractivity contribution in [3.8, 4) is 0 Å². The number of benzene rings is 1. The molecule has 2 nitrogen and oxygen atoms in total. The largest absolute Gasteiger partial charge is 0.397 e. The maximum atomic E-state index is 13.4. The van der Waals surface area contributed by atoms with Crippen LogP contribution < -0.4 is 5.73 Å². The molecule has 0 fully saturated rings. The third-order valence-corrected chi connectivity index (χ3v) is 3.85. The summed E-state index contributed by atoms with van der Waals surface area (Å²) in [6.07, 6.45) is 1.46. The van der Waals surface area contributed by atoms with E-state index in [4.69, 9.17) is 5.73 Å². The Morgan fingerprint density at radius 3 is 2.71 bits per heavy atom. The molecule has 17 heavy (non-hydrogen) atoms. The Balaban J connectivity index is 2.34. The fraction of sp³-hybridized carbons (Fsp3) is 0. The molecule has 0 saturated heterocycles. The Bertz CT molecular complexity index is 563. The summed E-state index contributed by atoms with van der Waals surface area (Å²) in [5.74, 6) is -0.970. The minimum Gasteiger partial charge on any atom is -0.397 e. The van der Waals surface area contributed by atoms with Crippen LogP contribution in [0.2, 0.25) is 0 Å². The molecule has 0 aliphatic carbocycles. The molecule has 2 rings (SSSR count). The zero-order valence-corrected chi connectivity index (χ0v) is 10.9. The second kappa shape index (κ2) is 5.01. The number of nitrogen functional groups attached to an aromatic ring is 1. The van der Waals surface area contributed by atoms with Crippen molar-refractivity contribution in [1.82, 2.24) is 4.98 Å². The molecule has 2 aromatic rings. The van der Waals surface area contributed by atoms with Gasteiger partial charge in [-0.3, -0.25) is 0 Å². The van der Waals surface area contributed by atoms with Crippen molar-refractivity contribution in [2.24, 2.45) is 0 Å². The molecule has 0 unspecified atom stereocenters. The van der Waals surface area contributed by atoms with Crippen LogP contribution >= 0.6 is 27.7 Å². The standard InChI is InChI=1S/C11H7BrF2N2S/c12-8-4-7(15)5-16-11(8)17-10-3-6(13)1-2-9(10)14/h1-5H,15H2. The first kappa shape index (κ1) is 12.3. The lowest BCUT2D eigenvalue weighted by Gasteiger charge is -2.05. The fourth-order valence-electron chi connectivity index (χ4n) is 1.17. The summed E-state index contributed by atoms with van der Waals surface area (Å²) >= 11 is 4.30. The molecular formula is C11H7BrF2N2S. The molecule has 0 radical (unpaired) electrons. The van der Waals surface area contributed by atoms with Crippen LogP contribution in [0.5, 0.6) is 0 Å². The number of anilines is 1. The first-order valence-corrected chi connectivity index (χ1v) is 6.21. The summed E-state index contributed by atoms with van der Waals surface area (Å²) in [6.45, 7) is 0. The molecule has 1 aromatic heterocycles. The molecule has 1 heterocycles. The lowest BCUT2D eigenvalue weighted by atomic mass is 10.3. The second-order valence-corrected chi connectivity index (χ2v) is 5.12. The third-order valence-electron chi connectivity index (χ3n) is 1.93. The van der Waals surface area contributed by atoms with Gasteiger partial charge in [-0.2, -0.15) is 0 Å². The van der Waals surface area contributed by atoms with Crippen LogP contribution in [0.15, 0.2) is 44.9 Å². The van der Waals surface area contributed by atoms with Crippen LogP contribution in [-0.2, 0) is 0 Å². The predicted molar refractivity (Wildman–Crippen MR) is 66.8 cm³/mol. The smallest absolute Gasteiger partial charge is 0.137 e. The Labute approximate surface area is 109 Å². The maximum absolute atomic E-state index is 13.4. The topological polar surface area (TPSA) is 38.9 Å². The van der Waals surface area contributed by atoms with E-state index in [1.54, 1.807) is 6.07 Å². The second-order valence-electron chi connectivity index (χ2n) is 3.23. The summed E-state index contributed by atoms with van der Waals surface area (Å²) in [7, 11) is 0. The van der Waals surface area contributed by atoms with Gasteiger partial charge >= 0.3 is 0 Å². The highest BCUT2D eigenvalue weighted by Crippen LogP contribution is 2.34. The van der Waals surface area contributed by atoms with Gasteiger partial charge in [0.1, 0.15) is 16.7 Å². The number of nitrogens with two attached hydrogens (primary N) is 1.